The summed E-state index contributed by atoms with van der Waals surface area (Å²) in [6.07, 6.45) is -0.323. The topological polar surface area (TPSA) is 31.2 Å². The van der Waals surface area contributed by atoms with Crippen LogP contribution in [0, 0.1) is 0 Å². The minimum absolute atomic E-state index is 0.323. The van der Waals surface area contributed by atoms with E-state index in [2.05, 4.69) is 0 Å². The molecule has 0 bridgehead atoms. The molecular weight excluding hydrogens is 213 g/mol. The molecule has 0 N–H and O–H groups in total. The molecule has 2 rings (SSSR count). The highest BCUT2D eigenvalue weighted by Gasteiger charge is 2.20. The van der Waals surface area contributed by atoms with Gasteiger partial charge >= 0.3 is 6.09 Å². The summed E-state index contributed by atoms with van der Waals surface area (Å²) in [5, 5.41) is 1.05. The molecule has 0 aliphatic rings. The fourth-order valence-corrected chi connectivity index (χ4v) is 1.84. The van der Waals surface area contributed by atoms with Crippen molar-refractivity contribution in [3.05, 3.63) is 30.3 Å². The number of fused-ring (bicyclic) bond motifs is 1. The van der Waals surface area contributed by atoms with Crippen LogP contribution >= 0.6 is 0 Å². The van der Waals surface area contributed by atoms with Crippen molar-refractivity contribution in [2.75, 3.05) is 0 Å². The summed E-state index contributed by atoms with van der Waals surface area (Å²) in [7, 11) is 1.91. The third kappa shape index (κ3) is 2.35. The first-order valence-electron chi connectivity index (χ1n) is 5.69. The molecule has 0 unspecified atom stereocenters. The predicted molar refractivity (Wildman–Crippen MR) is 71.7 cm³/mol. The lowest BCUT2D eigenvalue weighted by molar-refractivity contribution is 0.0549. The number of nitrogens with zero attached hydrogens (tertiary/aromatic N) is 1. The van der Waals surface area contributed by atoms with Gasteiger partial charge in [-0.05, 0) is 43.9 Å². The van der Waals surface area contributed by atoms with Gasteiger partial charge in [0.05, 0.1) is 5.52 Å². The Morgan fingerprint density at radius 3 is 2.59 bits per heavy atom. The Kier molecular flexibility index (Phi) is 2.73. The van der Waals surface area contributed by atoms with E-state index in [-0.39, 0.29) is 6.09 Å². The third-order valence-corrected chi connectivity index (χ3v) is 2.47. The van der Waals surface area contributed by atoms with Crippen molar-refractivity contribution in [1.82, 2.24) is 4.57 Å². The Hall–Kier alpha value is -1.71. The molecule has 0 aliphatic heterocycles. The van der Waals surface area contributed by atoms with Crippen LogP contribution in [0.5, 0.6) is 0 Å². The van der Waals surface area contributed by atoms with Crippen LogP contribution in [0.4, 0.5) is 4.79 Å². The van der Waals surface area contributed by atoms with Crippen LogP contribution in [-0.4, -0.2) is 24.1 Å². The average Bonchev–Trinajstić information content (AvgIpc) is 2.50. The van der Waals surface area contributed by atoms with Crippen LogP contribution in [0.3, 0.4) is 0 Å². The van der Waals surface area contributed by atoms with Crippen molar-refractivity contribution in [1.29, 1.82) is 0 Å². The Morgan fingerprint density at radius 2 is 1.94 bits per heavy atom. The summed E-state index contributed by atoms with van der Waals surface area (Å²) < 4.78 is 7.01. The van der Waals surface area contributed by atoms with Gasteiger partial charge in [-0.2, -0.15) is 0 Å². The number of ether oxygens (including phenoxy) is 1. The number of carbonyl (C=O) groups excluding carboxylic acids is 1. The molecule has 4 heteroatoms. The zero-order chi connectivity index (χ0) is 12.6. The molecule has 0 saturated heterocycles. The summed E-state index contributed by atoms with van der Waals surface area (Å²) in [5.74, 6) is 0. The Balaban J connectivity index is 2.48. The van der Waals surface area contributed by atoms with E-state index in [1.54, 1.807) is 4.57 Å². The first-order valence-corrected chi connectivity index (χ1v) is 5.69. The lowest BCUT2D eigenvalue weighted by Crippen LogP contribution is -2.32. The SMILES string of the molecule is Bc1cc2ccccc2n1C(=O)OC(C)(C)C. The summed E-state index contributed by atoms with van der Waals surface area (Å²) in [4.78, 5) is 12.1. The van der Waals surface area contributed by atoms with Crippen molar-refractivity contribution >= 4 is 30.4 Å². The maximum atomic E-state index is 12.1. The van der Waals surface area contributed by atoms with E-state index >= 15 is 0 Å². The quantitative estimate of drug-likeness (QED) is 0.643. The van der Waals surface area contributed by atoms with Gasteiger partial charge in [-0.25, -0.2) is 4.79 Å². The summed E-state index contributed by atoms with van der Waals surface area (Å²) >= 11 is 0. The molecule has 0 radical (unpaired) electrons. The van der Waals surface area contributed by atoms with Gasteiger partial charge in [-0.15, -0.1) is 0 Å². The van der Waals surface area contributed by atoms with Crippen molar-refractivity contribution in [3.8, 4) is 0 Å². The minimum atomic E-state index is -0.477. The maximum absolute atomic E-state index is 12.1. The fourth-order valence-electron chi connectivity index (χ4n) is 1.84. The van der Waals surface area contributed by atoms with Crippen LogP contribution < -0.4 is 5.59 Å². The van der Waals surface area contributed by atoms with E-state index in [0.717, 1.165) is 16.5 Å². The highest BCUT2D eigenvalue weighted by atomic mass is 16.6. The molecule has 88 valence electrons. The molecule has 0 aliphatic carbocycles. The molecule has 0 saturated carbocycles. The monoisotopic (exact) mass is 229 g/mol. The van der Waals surface area contributed by atoms with Crippen molar-refractivity contribution in [2.24, 2.45) is 0 Å². The largest absolute Gasteiger partial charge is 0.443 e. The number of benzene rings is 1. The molecule has 0 atom stereocenters. The number of rotatable bonds is 0. The minimum Gasteiger partial charge on any atom is -0.443 e. The van der Waals surface area contributed by atoms with Crippen LogP contribution in [-0.2, 0) is 4.74 Å². The number of hydrogen-bond donors (Lipinski definition) is 0. The van der Waals surface area contributed by atoms with Gasteiger partial charge < -0.3 is 4.74 Å². The van der Waals surface area contributed by atoms with Crippen LogP contribution in [0.1, 0.15) is 20.8 Å². The molecule has 0 spiro atoms. The molecule has 0 fully saturated rings. The summed E-state index contributed by atoms with van der Waals surface area (Å²) in [6, 6.07) is 9.78. The lowest BCUT2D eigenvalue weighted by atomic mass is 10.1. The molecule has 2 aromatic rings. The van der Waals surface area contributed by atoms with Crippen LogP contribution in [0.25, 0.3) is 10.9 Å². The Morgan fingerprint density at radius 1 is 1.29 bits per heavy atom. The van der Waals surface area contributed by atoms with E-state index in [0.29, 0.717) is 0 Å². The average molecular weight is 229 g/mol. The highest BCUT2D eigenvalue weighted by molar-refractivity contribution is 6.34. The molecule has 1 aromatic carbocycles. The first kappa shape index (κ1) is 11.8. The van der Waals surface area contributed by atoms with Crippen molar-refractivity contribution in [2.45, 2.75) is 26.4 Å². The molecule has 3 nitrogen and oxygen atoms in total. The van der Waals surface area contributed by atoms with E-state index in [1.807, 2.05) is 58.9 Å². The van der Waals surface area contributed by atoms with Crippen molar-refractivity contribution in [3.63, 3.8) is 0 Å². The standard InChI is InChI=1S/C13H16BNO2/c1-13(2,3)17-12(16)15-10-7-5-4-6-9(10)8-11(15)14/h4-8H,14H2,1-3H3. The molecule has 0 amide bonds. The highest BCUT2D eigenvalue weighted by Crippen LogP contribution is 2.16. The number of para-hydroxylation sites is 1. The van der Waals surface area contributed by atoms with E-state index in [1.165, 1.54) is 0 Å². The summed E-state index contributed by atoms with van der Waals surface area (Å²) in [5.41, 5.74) is 1.30. The maximum Gasteiger partial charge on any atom is 0.418 e. The smallest absolute Gasteiger partial charge is 0.418 e. The number of carbonyl (C=O) groups is 1. The van der Waals surface area contributed by atoms with Gasteiger partial charge in [0.25, 0.3) is 0 Å². The normalized spacial score (nSPS) is 11.7. The molecule has 17 heavy (non-hydrogen) atoms. The zero-order valence-electron chi connectivity index (χ0n) is 10.7. The fraction of sp³-hybridized carbons (Fsp3) is 0.308. The number of hydrogen-bond acceptors (Lipinski definition) is 2. The van der Waals surface area contributed by atoms with E-state index in [4.69, 9.17) is 4.74 Å². The summed E-state index contributed by atoms with van der Waals surface area (Å²) in [6.45, 7) is 5.60. The second-order valence-corrected chi connectivity index (χ2v) is 5.16. The third-order valence-electron chi connectivity index (χ3n) is 2.47. The molecule has 1 aromatic heterocycles. The van der Waals surface area contributed by atoms with E-state index in [9.17, 15) is 4.79 Å². The van der Waals surface area contributed by atoms with Crippen LogP contribution in [0.2, 0.25) is 0 Å². The predicted octanol–water partition coefficient (Wildman–Crippen LogP) is 1.68. The van der Waals surface area contributed by atoms with Crippen LogP contribution in [0.15, 0.2) is 30.3 Å². The second-order valence-electron chi connectivity index (χ2n) is 5.16. The molecular formula is C13H16BNO2. The zero-order valence-corrected chi connectivity index (χ0v) is 10.7. The Labute approximate surface area is 102 Å². The first-order chi connectivity index (χ1) is 7.88. The number of aromatic nitrogens is 1. The van der Waals surface area contributed by atoms with Gasteiger partial charge in [-0.1, -0.05) is 18.2 Å². The van der Waals surface area contributed by atoms with Gasteiger partial charge in [0, 0.05) is 0 Å². The van der Waals surface area contributed by atoms with Crippen molar-refractivity contribution < 1.29 is 9.53 Å². The lowest BCUT2D eigenvalue weighted by Gasteiger charge is -2.20. The molecule has 1 heterocycles. The van der Waals surface area contributed by atoms with E-state index < -0.39 is 5.60 Å². The Bertz CT molecular complexity index is 566. The van der Waals surface area contributed by atoms with Gasteiger partial charge in [-0.3, -0.25) is 4.57 Å². The van der Waals surface area contributed by atoms with Gasteiger partial charge in [0.2, 0.25) is 0 Å². The van der Waals surface area contributed by atoms with Gasteiger partial charge in [0.1, 0.15) is 5.60 Å². The van der Waals surface area contributed by atoms with Gasteiger partial charge in [0.15, 0.2) is 7.85 Å². The second kappa shape index (κ2) is 3.95.